The molecule has 0 aliphatic rings. The van der Waals surface area contributed by atoms with E-state index in [1.165, 1.54) is 5.56 Å². The first kappa shape index (κ1) is 18.2. The first-order valence-corrected chi connectivity index (χ1v) is 8.65. The van der Waals surface area contributed by atoms with Gasteiger partial charge in [0.15, 0.2) is 0 Å². The second-order valence-corrected chi connectivity index (χ2v) is 6.50. The Morgan fingerprint density at radius 1 is 1.19 bits per heavy atom. The number of aryl methyl sites for hydroxylation is 1. The number of hydrogen-bond donors (Lipinski definition) is 2. The quantitative estimate of drug-likeness (QED) is 0.628. The van der Waals surface area contributed by atoms with Crippen LogP contribution in [0.3, 0.4) is 0 Å². The number of nitrogens with one attached hydrogen (secondary N) is 1. The minimum Gasteiger partial charge on any atom is -0.354 e. The zero-order chi connectivity index (χ0) is 15.5. The maximum atomic E-state index is 11.8. The number of unbranched alkanes of at least 4 members (excludes halogenated alkanes) is 3. The summed E-state index contributed by atoms with van der Waals surface area (Å²) in [5.41, 5.74) is 6.75. The van der Waals surface area contributed by atoms with Gasteiger partial charge in [-0.25, -0.2) is 0 Å². The molecule has 3 nitrogen and oxygen atoms in total. The van der Waals surface area contributed by atoms with Gasteiger partial charge in [0.1, 0.15) is 0 Å². The topological polar surface area (TPSA) is 55.1 Å². The lowest BCUT2D eigenvalue weighted by atomic mass is 10.1. The van der Waals surface area contributed by atoms with E-state index < -0.39 is 0 Å². The first-order valence-electron chi connectivity index (χ1n) is 7.85. The monoisotopic (exact) mass is 354 g/mol. The van der Waals surface area contributed by atoms with Gasteiger partial charge in [-0.15, -0.1) is 0 Å². The molecule has 0 bridgehead atoms. The summed E-state index contributed by atoms with van der Waals surface area (Å²) < 4.78 is 1.10. The maximum absolute atomic E-state index is 11.8. The SMILES string of the molecule is CC(CCc1ccc(Br)cc1)NC(=O)CCCCCCN. The highest BCUT2D eigenvalue weighted by atomic mass is 79.9. The lowest BCUT2D eigenvalue weighted by Crippen LogP contribution is -2.32. The number of benzene rings is 1. The molecule has 0 saturated heterocycles. The molecule has 0 fully saturated rings. The van der Waals surface area contributed by atoms with Gasteiger partial charge in [0.2, 0.25) is 5.91 Å². The molecule has 1 unspecified atom stereocenters. The Kier molecular flexibility index (Phi) is 9.35. The van der Waals surface area contributed by atoms with E-state index in [4.69, 9.17) is 5.73 Å². The molecule has 4 heteroatoms. The zero-order valence-corrected chi connectivity index (χ0v) is 14.5. The van der Waals surface area contributed by atoms with Gasteiger partial charge in [0, 0.05) is 16.9 Å². The van der Waals surface area contributed by atoms with Crippen LogP contribution in [0.15, 0.2) is 28.7 Å². The van der Waals surface area contributed by atoms with Crippen molar-refractivity contribution < 1.29 is 4.79 Å². The van der Waals surface area contributed by atoms with Crippen molar-refractivity contribution in [2.75, 3.05) is 6.54 Å². The molecule has 0 saturated carbocycles. The van der Waals surface area contributed by atoms with Crippen LogP contribution in [0.1, 0.15) is 51.0 Å². The number of carbonyl (C=O) groups is 1. The summed E-state index contributed by atoms with van der Waals surface area (Å²) >= 11 is 3.43. The first-order chi connectivity index (χ1) is 10.1. The number of nitrogens with two attached hydrogens (primary N) is 1. The summed E-state index contributed by atoms with van der Waals surface area (Å²) in [4.78, 5) is 11.8. The van der Waals surface area contributed by atoms with E-state index in [0.29, 0.717) is 6.42 Å². The van der Waals surface area contributed by atoms with Crippen molar-refractivity contribution in [3.63, 3.8) is 0 Å². The van der Waals surface area contributed by atoms with Gasteiger partial charge in [0.25, 0.3) is 0 Å². The smallest absolute Gasteiger partial charge is 0.220 e. The fourth-order valence-electron chi connectivity index (χ4n) is 2.24. The average Bonchev–Trinajstić information content (AvgIpc) is 2.46. The van der Waals surface area contributed by atoms with E-state index in [0.717, 1.165) is 49.5 Å². The van der Waals surface area contributed by atoms with Crippen molar-refractivity contribution >= 4 is 21.8 Å². The van der Waals surface area contributed by atoms with Crippen LogP contribution in [0.4, 0.5) is 0 Å². The van der Waals surface area contributed by atoms with E-state index in [-0.39, 0.29) is 11.9 Å². The molecule has 1 aromatic rings. The lowest BCUT2D eigenvalue weighted by molar-refractivity contribution is -0.121. The van der Waals surface area contributed by atoms with Gasteiger partial charge in [0.05, 0.1) is 0 Å². The Balaban J connectivity index is 2.13. The Hall–Kier alpha value is -0.870. The summed E-state index contributed by atoms with van der Waals surface area (Å²) in [6.07, 6.45) is 6.84. The van der Waals surface area contributed by atoms with Gasteiger partial charge in [-0.05, 0) is 56.8 Å². The van der Waals surface area contributed by atoms with Gasteiger partial charge in [-0.1, -0.05) is 40.9 Å². The minimum atomic E-state index is 0.172. The van der Waals surface area contributed by atoms with Crippen LogP contribution < -0.4 is 11.1 Å². The van der Waals surface area contributed by atoms with Crippen LogP contribution >= 0.6 is 15.9 Å². The number of carbonyl (C=O) groups excluding carboxylic acids is 1. The van der Waals surface area contributed by atoms with E-state index in [9.17, 15) is 4.79 Å². The lowest BCUT2D eigenvalue weighted by Gasteiger charge is -2.14. The highest BCUT2D eigenvalue weighted by Gasteiger charge is 2.07. The van der Waals surface area contributed by atoms with E-state index >= 15 is 0 Å². The molecule has 118 valence electrons. The third-order valence-corrected chi connectivity index (χ3v) is 4.07. The second-order valence-electron chi connectivity index (χ2n) is 5.59. The molecular formula is C17H27BrN2O. The average molecular weight is 355 g/mol. The molecule has 1 rings (SSSR count). The van der Waals surface area contributed by atoms with Crippen molar-refractivity contribution in [2.24, 2.45) is 5.73 Å². The third kappa shape index (κ3) is 8.89. The van der Waals surface area contributed by atoms with Crippen LogP contribution in [-0.2, 0) is 11.2 Å². The molecule has 1 aromatic carbocycles. The number of hydrogen-bond acceptors (Lipinski definition) is 2. The molecular weight excluding hydrogens is 328 g/mol. The maximum Gasteiger partial charge on any atom is 0.220 e. The summed E-state index contributed by atoms with van der Waals surface area (Å²) in [6, 6.07) is 8.58. The summed E-state index contributed by atoms with van der Waals surface area (Å²) in [5.74, 6) is 0.172. The van der Waals surface area contributed by atoms with Crippen LogP contribution in [0.2, 0.25) is 0 Å². The van der Waals surface area contributed by atoms with Crippen molar-refractivity contribution in [3.8, 4) is 0 Å². The molecule has 0 radical (unpaired) electrons. The molecule has 0 aliphatic heterocycles. The van der Waals surface area contributed by atoms with Gasteiger partial charge in [-0.2, -0.15) is 0 Å². The molecule has 21 heavy (non-hydrogen) atoms. The molecule has 3 N–H and O–H groups in total. The molecule has 0 spiro atoms. The Labute approximate surface area is 136 Å². The Bertz CT molecular complexity index is 406. The van der Waals surface area contributed by atoms with Crippen molar-refractivity contribution in [2.45, 2.75) is 57.9 Å². The number of halogens is 1. The standard InChI is InChI=1S/C17H27BrN2O/c1-14(7-8-15-9-11-16(18)12-10-15)20-17(21)6-4-2-3-5-13-19/h9-12,14H,2-8,13,19H2,1H3,(H,20,21). The minimum absolute atomic E-state index is 0.172. The fourth-order valence-corrected chi connectivity index (χ4v) is 2.50. The van der Waals surface area contributed by atoms with Crippen molar-refractivity contribution in [1.82, 2.24) is 5.32 Å². The van der Waals surface area contributed by atoms with E-state index in [2.05, 4.69) is 52.4 Å². The van der Waals surface area contributed by atoms with Crippen LogP contribution in [-0.4, -0.2) is 18.5 Å². The normalized spacial score (nSPS) is 12.1. The van der Waals surface area contributed by atoms with E-state index in [1.807, 2.05) is 0 Å². The highest BCUT2D eigenvalue weighted by molar-refractivity contribution is 9.10. The Morgan fingerprint density at radius 2 is 1.86 bits per heavy atom. The number of rotatable bonds is 10. The van der Waals surface area contributed by atoms with Crippen LogP contribution in [0, 0.1) is 0 Å². The largest absolute Gasteiger partial charge is 0.354 e. The predicted molar refractivity (Wildman–Crippen MR) is 92.2 cm³/mol. The predicted octanol–water partition coefficient (Wildman–Crippen LogP) is 3.80. The van der Waals surface area contributed by atoms with E-state index in [1.54, 1.807) is 0 Å². The van der Waals surface area contributed by atoms with Gasteiger partial charge in [-0.3, -0.25) is 4.79 Å². The third-order valence-electron chi connectivity index (χ3n) is 3.54. The van der Waals surface area contributed by atoms with Crippen LogP contribution in [0.25, 0.3) is 0 Å². The van der Waals surface area contributed by atoms with Crippen LogP contribution in [0.5, 0.6) is 0 Å². The summed E-state index contributed by atoms with van der Waals surface area (Å²) in [5, 5.41) is 3.08. The molecule has 1 atom stereocenters. The molecule has 1 amide bonds. The Morgan fingerprint density at radius 3 is 2.52 bits per heavy atom. The molecule has 0 aliphatic carbocycles. The molecule has 0 heterocycles. The van der Waals surface area contributed by atoms with Gasteiger partial charge >= 0.3 is 0 Å². The van der Waals surface area contributed by atoms with Crippen molar-refractivity contribution in [3.05, 3.63) is 34.3 Å². The van der Waals surface area contributed by atoms with Gasteiger partial charge < -0.3 is 11.1 Å². The highest BCUT2D eigenvalue weighted by Crippen LogP contribution is 2.12. The summed E-state index contributed by atoms with van der Waals surface area (Å²) in [6.45, 7) is 2.82. The number of amides is 1. The van der Waals surface area contributed by atoms with Crippen molar-refractivity contribution in [1.29, 1.82) is 0 Å². The zero-order valence-electron chi connectivity index (χ0n) is 12.9. The molecule has 0 aromatic heterocycles. The second kappa shape index (κ2) is 10.8. The summed E-state index contributed by atoms with van der Waals surface area (Å²) in [7, 11) is 0. The fraction of sp³-hybridized carbons (Fsp3) is 0.588.